The van der Waals surface area contributed by atoms with Crippen molar-refractivity contribution in [3.8, 4) is 0 Å². The minimum absolute atomic E-state index is 0.305. The van der Waals surface area contributed by atoms with E-state index < -0.39 is 60.4 Å². The molecule has 0 spiro atoms. The third kappa shape index (κ3) is 33.9. The number of rotatable bonds is 9. The van der Waals surface area contributed by atoms with Gasteiger partial charge >= 0.3 is 51.7 Å². The summed E-state index contributed by atoms with van der Waals surface area (Å²) in [7, 11) is 2.14. The molecule has 3 amide bonds. The van der Waals surface area contributed by atoms with Crippen LogP contribution in [0, 0.1) is 0 Å². The van der Waals surface area contributed by atoms with Gasteiger partial charge in [-0.25, -0.2) is 24.0 Å². The molecule has 0 radical (unpaired) electrons. The summed E-state index contributed by atoms with van der Waals surface area (Å²) in [6.07, 6.45) is -3.15. The molecule has 558 valence electrons. The normalized spacial score (nSPS) is 16.8. The maximum atomic E-state index is 12.0. The zero-order valence-electron chi connectivity index (χ0n) is 64.8. The van der Waals surface area contributed by atoms with Gasteiger partial charge in [0.2, 0.25) is 0 Å². The molecule has 0 bridgehead atoms. The van der Waals surface area contributed by atoms with Crippen LogP contribution in [0.3, 0.4) is 0 Å². The molecule has 21 nitrogen and oxygen atoms in total. The van der Waals surface area contributed by atoms with E-state index in [-0.39, 0.29) is 52.9 Å². The highest BCUT2D eigenvalue weighted by Gasteiger charge is 2.64. The first-order chi connectivity index (χ1) is 45.1. The standard InChI is InChI=1S/C19H30BNO4.C13H18BrNO2.C12H24B2O4.C12H16BrNO2.C10H18O5.C7H8BrN/c1-17(2,3)23-16(22)21(8)13-14-9-11-15(12-10-14)20-24-18(4,5)19(6,7)25-20;1-13(2,3)17-12(16)15(4)9-10-5-7-11(14)8-6-10;1-9(2)10(3,4)16-13(15-9)14-17-11(5,6)12(7,8)18-14;1-12(2,3)16-11(15)14-8-9-4-6-10(13)7-5-9;1-9(2,3)14-7(11)13-8(12)15-10(4,5)6;8-7-3-1-6(5-9)2-4-7/h9-12H,13H2,1-8H3;5-8H,9H2,1-4H3;1-8H3;4-7H,8H2,1-3H3,(H,14,15);1-6H3;1-4H,5,9H2. The van der Waals surface area contributed by atoms with E-state index in [9.17, 15) is 24.0 Å². The third-order valence-electron chi connectivity index (χ3n) is 15.3. The van der Waals surface area contributed by atoms with Crippen molar-refractivity contribution in [2.45, 2.75) is 275 Å². The van der Waals surface area contributed by atoms with Crippen LogP contribution in [-0.4, -0.2) is 137 Å². The minimum Gasteiger partial charge on any atom is -0.444 e. The second-order valence-electron chi connectivity index (χ2n) is 32.2. The van der Waals surface area contributed by atoms with Crippen molar-refractivity contribution in [1.82, 2.24) is 15.1 Å². The fraction of sp³-hybridized carbons (Fsp3) is 0.603. The summed E-state index contributed by atoms with van der Waals surface area (Å²) in [6, 6.07) is 31.6. The number of halogens is 3. The Morgan fingerprint density at radius 2 is 0.660 bits per heavy atom. The van der Waals surface area contributed by atoms with Gasteiger partial charge in [0.15, 0.2) is 0 Å². The molecule has 3 fully saturated rings. The lowest BCUT2D eigenvalue weighted by Gasteiger charge is -2.32. The first-order valence-corrected chi connectivity index (χ1v) is 35.6. The summed E-state index contributed by atoms with van der Waals surface area (Å²) in [6.45, 7) is 53.2. The van der Waals surface area contributed by atoms with Crippen LogP contribution in [0.1, 0.15) is 209 Å². The fourth-order valence-electron chi connectivity index (χ4n) is 8.03. The van der Waals surface area contributed by atoms with Crippen molar-refractivity contribution >= 4 is 105 Å². The zero-order valence-corrected chi connectivity index (χ0v) is 69.6. The second kappa shape index (κ2) is 37.0. The number of nitrogens with zero attached hydrogens (tertiary/aromatic N) is 2. The third-order valence-corrected chi connectivity index (χ3v) is 16.9. The number of ether oxygens (including phenoxy) is 6. The molecule has 0 saturated carbocycles. The smallest absolute Gasteiger partial charge is 0.444 e. The number of carbonyl (C=O) groups is 5. The van der Waals surface area contributed by atoms with E-state index in [4.69, 9.17) is 57.3 Å². The summed E-state index contributed by atoms with van der Waals surface area (Å²) in [4.78, 5) is 60.3. The van der Waals surface area contributed by atoms with E-state index in [0.29, 0.717) is 26.2 Å². The van der Waals surface area contributed by atoms with Crippen LogP contribution in [0.5, 0.6) is 0 Å². The Kier molecular flexibility index (Phi) is 33.6. The molecule has 0 atom stereocenters. The van der Waals surface area contributed by atoms with E-state index in [0.717, 1.165) is 35.6 Å². The second-order valence-corrected chi connectivity index (χ2v) is 35.0. The van der Waals surface area contributed by atoms with Crippen molar-refractivity contribution in [3.05, 3.63) is 133 Å². The Bertz CT molecular complexity index is 3120. The van der Waals surface area contributed by atoms with E-state index in [1.807, 2.05) is 242 Å². The number of alkyl carbamates (subject to hydrolysis) is 1. The highest BCUT2D eigenvalue weighted by atomic mass is 79.9. The molecule has 3 aliphatic heterocycles. The van der Waals surface area contributed by atoms with Gasteiger partial charge in [-0.2, -0.15) is 0 Å². The molecule has 0 aromatic heterocycles. The molecule has 0 unspecified atom stereocenters. The highest BCUT2D eigenvalue weighted by Crippen LogP contribution is 2.43. The molecule has 3 aliphatic rings. The molecule has 7 rings (SSSR count). The lowest BCUT2D eigenvalue weighted by Crippen LogP contribution is -2.41. The number of benzene rings is 4. The van der Waals surface area contributed by atoms with Crippen molar-refractivity contribution in [2.75, 3.05) is 14.1 Å². The van der Waals surface area contributed by atoms with Crippen LogP contribution < -0.4 is 16.5 Å². The number of nitrogens with two attached hydrogens (primary N) is 1. The summed E-state index contributed by atoms with van der Waals surface area (Å²) in [5.74, 6) is 0. The minimum atomic E-state index is -1.06. The van der Waals surface area contributed by atoms with Gasteiger partial charge in [-0.05, 0) is 251 Å². The van der Waals surface area contributed by atoms with Crippen molar-refractivity contribution < 1.29 is 80.3 Å². The average molecular weight is 1590 g/mol. The van der Waals surface area contributed by atoms with Crippen molar-refractivity contribution in [3.63, 3.8) is 0 Å². The van der Waals surface area contributed by atoms with Gasteiger partial charge in [0.1, 0.15) is 28.0 Å². The number of hydrogen-bond donors (Lipinski definition) is 2. The van der Waals surface area contributed by atoms with Crippen molar-refractivity contribution in [2.24, 2.45) is 5.73 Å². The van der Waals surface area contributed by atoms with E-state index in [1.54, 1.807) is 65.4 Å². The van der Waals surface area contributed by atoms with Crippen LogP contribution in [0.4, 0.5) is 24.0 Å². The van der Waals surface area contributed by atoms with E-state index in [2.05, 4.69) is 57.8 Å². The Hall–Kier alpha value is -5.22. The first kappa shape index (κ1) is 90.9. The average Bonchev–Trinajstić information content (AvgIpc) is 1.60. The van der Waals surface area contributed by atoms with Gasteiger partial charge in [0, 0.05) is 53.7 Å². The monoisotopic (exact) mass is 1590 g/mol. The number of amides is 3. The number of nitrogens with one attached hydrogen (secondary N) is 1. The van der Waals surface area contributed by atoms with Gasteiger partial charge in [-0.1, -0.05) is 108 Å². The topological polar surface area (TPSA) is 241 Å². The summed E-state index contributed by atoms with van der Waals surface area (Å²) in [5, 5.41) is 2.70. The molecule has 3 heterocycles. The van der Waals surface area contributed by atoms with Gasteiger partial charge < -0.3 is 77.2 Å². The summed E-state index contributed by atoms with van der Waals surface area (Å²) < 4.78 is 68.7. The summed E-state index contributed by atoms with van der Waals surface area (Å²) in [5.41, 5.74) is 5.71. The Labute approximate surface area is 623 Å². The van der Waals surface area contributed by atoms with Crippen LogP contribution in [0.2, 0.25) is 0 Å². The van der Waals surface area contributed by atoms with Crippen molar-refractivity contribution in [1.29, 1.82) is 0 Å². The van der Waals surface area contributed by atoms with E-state index in [1.165, 1.54) is 5.56 Å². The molecular formula is C73H114B3Br3N4O17. The first-order valence-electron chi connectivity index (χ1n) is 33.2. The van der Waals surface area contributed by atoms with Crippen LogP contribution >= 0.6 is 47.8 Å². The predicted molar refractivity (Wildman–Crippen MR) is 407 cm³/mol. The fourth-order valence-corrected chi connectivity index (χ4v) is 8.82. The Balaban J connectivity index is 0.000000417. The largest absolute Gasteiger partial charge is 0.519 e. The SMILES string of the molecule is CC(C)(C)OC(=O)NCc1ccc(Br)cc1.CC(C)(C)OC(=O)OC(=O)OC(C)(C)C.CC1(C)OB(B2OC(C)(C)C(C)(C)O2)OC1(C)C.CN(Cc1ccc(B2OC(C)(C)C(C)(C)O2)cc1)C(=O)OC(C)(C)C.CN(Cc1ccc(Br)cc1)C(=O)OC(C)(C)C.NCc1ccc(Br)cc1. The number of hydrogen-bond acceptors (Lipinski definition) is 18. The zero-order chi connectivity index (χ0) is 77.2. The highest BCUT2D eigenvalue weighted by molar-refractivity contribution is 9.11. The van der Waals surface area contributed by atoms with Gasteiger partial charge in [0.05, 0.1) is 33.6 Å². The van der Waals surface area contributed by atoms with Crippen LogP contribution in [-0.2, 0) is 82.5 Å². The lowest BCUT2D eigenvalue weighted by atomic mass is 9.49. The van der Waals surface area contributed by atoms with Gasteiger partial charge in [0.25, 0.3) is 0 Å². The van der Waals surface area contributed by atoms with Gasteiger partial charge in [-0.15, -0.1) is 0 Å². The predicted octanol–water partition coefficient (Wildman–Crippen LogP) is 17.7. The van der Waals surface area contributed by atoms with Crippen LogP contribution in [0.25, 0.3) is 0 Å². The molecule has 27 heteroatoms. The molecular weight excluding hydrogens is 1480 g/mol. The Morgan fingerprint density at radius 3 is 0.940 bits per heavy atom. The maximum absolute atomic E-state index is 12.0. The summed E-state index contributed by atoms with van der Waals surface area (Å²) >= 11 is 10.1. The molecule has 3 saturated heterocycles. The van der Waals surface area contributed by atoms with Crippen LogP contribution in [0.15, 0.2) is 110 Å². The molecule has 4 aromatic carbocycles. The van der Waals surface area contributed by atoms with Gasteiger partial charge in [-0.3, -0.25) is 0 Å². The lowest BCUT2D eigenvalue weighted by molar-refractivity contribution is -0.0295. The maximum Gasteiger partial charge on any atom is 0.519 e. The molecule has 4 aromatic rings. The molecule has 100 heavy (non-hydrogen) atoms. The number of carbonyl (C=O) groups excluding carboxylic acids is 5. The molecule has 3 N–H and O–H groups in total. The quantitative estimate of drug-likeness (QED) is 0.0685. The Morgan fingerprint density at radius 1 is 0.400 bits per heavy atom. The van der Waals surface area contributed by atoms with E-state index >= 15 is 0 Å². The molecule has 0 aliphatic carbocycles.